The topological polar surface area (TPSA) is 91.7 Å². The highest BCUT2D eigenvalue weighted by molar-refractivity contribution is 6.46. The van der Waals surface area contributed by atoms with E-state index in [1.807, 2.05) is 0 Å². The number of nitrogens with zero attached hydrogens (tertiary/aromatic N) is 1. The summed E-state index contributed by atoms with van der Waals surface area (Å²) < 4.78 is 18.5. The van der Waals surface area contributed by atoms with Crippen LogP contribution in [-0.4, -0.2) is 34.1 Å². The number of aromatic carboxylic acids is 1. The average Bonchev–Trinajstić information content (AvgIpc) is 2.52. The van der Waals surface area contributed by atoms with E-state index in [0.29, 0.717) is 24.1 Å². The third-order valence-electron chi connectivity index (χ3n) is 3.68. The van der Waals surface area contributed by atoms with Gasteiger partial charge in [0.2, 0.25) is 0 Å². The van der Waals surface area contributed by atoms with Gasteiger partial charge in [0.05, 0.1) is 17.7 Å². The van der Waals surface area contributed by atoms with Crippen LogP contribution < -0.4 is 9.97 Å². The maximum Gasteiger partial charge on any atom is 0.541 e. The molecule has 1 aliphatic rings. The lowest BCUT2D eigenvalue weighted by molar-refractivity contribution is 0.0694. The number of carbonyl (C=O) groups is 1. The van der Waals surface area contributed by atoms with Gasteiger partial charge in [-0.1, -0.05) is 12.1 Å². The van der Waals surface area contributed by atoms with E-state index in [-0.39, 0.29) is 11.3 Å². The fraction of sp³-hybridized carbons (Fsp3) is 0.200. The van der Waals surface area contributed by atoms with Crippen molar-refractivity contribution in [2.45, 2.75) is 18.9 Å². The molecule has 1 aromatic heterocycles. The number of hydrogen-bond acceptors (Lipinski definition) is 5. The number of fused-ring (bicyclic) bond motifs is 1. The normalized spacial score (nSPS) is 16.6. The number of halogens is 1. The molecule has 0 saturated carbocycles. The van der Waals surface area contributed by atoms with Crippen LogP contribution in [0.4, 0.5) is 4.39 Å². The first kappa shape index (κ1) is 15.5. The third-order valence-corrected chi connectivity index (χ3v) is 3.68. The van der Waals surface area contributed by atoms with Crippen molar-refractivity contribution in [3.63, 3.8) is 0 Å². The van der Waals surface area contributed by atoms with Crippen molar-refractivity contribution in [3.8, 4) is 5.75 Å². The standard InChI is InChI=1S/C15H14BFN2O4/c17-11-4-9(6-18-8-11)7-19-13-5-10-2-1-3-12(15(20)21)14(10)23-16(13)22/h1-4,6,8,13,19,22H,5,7H2,(H,20,21)/t13-/m0/s1. The van der Waals surface area contributed by atoms with Crippen LogP contribution >= 0.6 is 0 Å². The van der Waals surface area contributed by atoms with E-state index in [9.17, 15) is 14.2 Å². The van der Waals surface area contributed by atoms with E-state index in [4.69, 9.17) is 9.76 Å². The predicted octanol–water partition coefficient (Wildman–Crippen LogP) is 1.03. The van der Waals surface area contributed by atoms with Crippen molar-refractivity contribution in [3.05, 3.63) is 59.2 Å². The van der Waals surface area contributed by atoms with Gasteiger partial charge in [0, 0.05) is 12.7 Å². The number of nitrogens with one attached hydrogen (secondary N) is 1. The molecule has 1 aliphatic heterocycles. The quantitative estimate of drug-likeness (QED) is 0.730. The van der Waals surface area contributed by atoms with Gasteiger partial charge in [-0.05, 0) is 29.7 Å². The van der Waals surface area contributed by atoms with Gasteiger partial charge < -0.3 is 20.1 Å². The van der Waals surface area contributed by atoms with Gasteiger partial charge in [0.25, 0.3) is 0 Å². The number of aromatic nitrogens is 1. The molecule has 0 radical (unpaired) electrons. The van der Waals surface area contributed by atoms with Crippen LogP contribution in [0.2, 0.25) is 0 Å². The largest absolute Gasteiger partial charge is 0.541 e. The summed E-state index contributed by atoms with van der Waals surface area (Å²) in [6, 6.07) is 6.18. The molecule has 0 aliphatic carbocycles. The molecule has 0 spiro atoms. The molecule has 1 aromatic carbocycles. The molecule has 8 heteroatoms. The highest BCUT2D eigenvalue weighted by Gasteiger charge is 2.36. The van der Waals surface area contributed by atoms with Crippen molar-refractivity contribution < 1.29 is 24.0 Å². The van der Waals surface area contributed by atoms with E-state index in [2.05, 4.69) is 10.3 Å². The summed E-state index contributed by atoms with van der Waals surface area (Å²) in [6.07, 6.45) is 3.05. The summed E-state index contributed by atoms with van der Waals surface area (Å²) >= 11 is 0. The zero-order chi connectivity index (χ0) is 16.4. The Balaban J connectivity index is 1.74. The second-order valence-electron chi connectivity index (χ2n) is 5.31. The fourth-order valence-corrected chi connectivity index (χ4v) is 2.57. The highest BCUT2D eigenvalue weighted by atomic mass is 19.1. The first-order valence-electron chi connectivity index (χ1n) is 7.07. The summed E-state index contributed by atoms with van der Waals surface area (Å²) in [5.41, 5.74) is 1.36. The fourth-order valence-electron chi connectivity index (χ4n) is 2.57. The lowest BCUT2D eigenvalue weighted by atomic mass is 9.72. The molecule has 6 nitrogen and oxygen atoms in total. The number of carboxylic acids is 1. The van der Waals surface area contributed by atoms with Gasteiger partial charge in [-0.25, -0.2) is 9.18 Å². The van der Waals surface area contributed by atoms with Gasteiger partial charge in [-0.2, -0.15) is 0 Å². The summed E-state index contributed by atoms with van der Waals surface area (Å²) in [4.78, 5) is 14.9. The second kappa shape index (κ2) is 6.35. The molecule has 0 fully saturated rings. The highest BCUT2D eigenvalue weighted by Crippen LogP contribution is 2.30. The molecule has 118 valence electrons. The number of benzene rings is 1. The smallest absolute Gasteiger partial charge is 0.534 e. The number of hydrogen-bond donors (Lipinski definition) is 3. The monoisotopic (exact) mass is 316 g/mol. The van der Waals surface area contributed by atoms with E-state index in [1.165, 1.54) is 18.3 Å². The van der Waals surface area contributed by atoms with Crippen molar-refractivity contribution in [2.24, 2.45) is 0 Å². The lowest BCUT2D eigenvalue weighted by Gasteiger charge is -2.29. The van der Waals surface area contributed by atoms with Crippen LogP contribution in [0, 0.1) is 5.82 Å². The van der Waals surface area contributed by atoms with Gasteiger partial charge in [-0.3, -0.25) is 4.98 Å². The number of pyridine rings is 1. The first-order chi connectivity index (χ1) is 11.0. The zero-order valence-corrected chi connectivity index (χ0v) is 12.1. The van der Waals surface area contributed by atoms with Gasteiger partial charge >= 0.3 is 13.1 Å². The maximum absolute atomic E-state index is 13.1. The summed E-state index contributed by atoms with van der Waals surface area (Å²) in [6.45, 7) is 0.309. The maximum atomic E-state index is 13.1. The van der Waals surface area contributed by atoms with Crippen molar-refractivity contribution in [2.75, 3.05) is 0 Å². The van der Waals surface area contributed by atoms with Crippen molar-refractivity contribution in [1.29, 1.82) is 0 Å². The second-order valence-corrected chi connectivity index (χ2v) is 5.31. The molecule has 2 heterocycles. The van der Waals surface area contributed by atoms with E-state index < -0.39 is 24.8 Å². The molecular weight excluding hydrogens is 302 g/mol. The molecule has 1 atom stereocenters. The molecule has 2 aromatic rings. The molecule has 0 bridgehead atoms. The van der Waals surface area contributed by atoms with Crippen LogP contribution in [0.5, 0.6) is 5.75 Å². The molecule has 0 amide bonds. The molecule has 3 rings (SSSR count). The molecule has 23 heavy (non-hydrogen) atoms. The zero-order valence-electron chi connectivity index (χ0n) is 12.1. The SMILES string of the molecule is O=C(O)c1cccc2c1OB(O)[C@@H](NCc1cncc(F)c1)C2. The first-order valence-corrected chi connectivity index (χ1v) is 7.07. The minimum Gasteiger partial charge on any atom is -0.534 e. The van der Waals surface area contributed by atoms with Crippen LogP contribution in [0.3, 0.4) is 0 Å². The molecule has 0 unspecified atom stereocenters. The number of carboxylic acid groups (broad SMARTS) is 1. The Morgan fingerprint density at radius 3 is 3.04 bits per heavy atom. The molecular formula is C15H14BFN2O4. The van der Waals surface area contributed by atoms with E-state index in [0.717, 1.165) is 6.20 Å². The number of para-hydroxylation sites is 1. The van der Waals surface area contributed by atoms with Gasteiger partial charge in [0.1, 0.15) is 11.6 Å². The average molecular weight is 316 g/mol. The molecule has 3 N–H and O–H groups in total. The summed E-state index contributed by atoms with van der Waals surface area (Å²) in [7, 11) is -1.19. The Labute approximate surface area is 132 Å². The third kappa shape index (κ3) is 3.33. The van der Waals surface area contributed by atoms with Gasteiger partial charge in [0.15, 0.2) is 0 Å². The van der Waals surface area contributed by atoms with Crippen LogP contribution in [0.25, 0.3) is 0 Å². The van der Waals surface area contributed by atoms with E-state index >= 15 is 0 Å². The minimum atomic E-state index is -1.19. The van der Waals surface area contributed by atoms with Crippen molar-refractivity contribution in [1.82, 2.24) is 10.3 Å². The van der Waals surface area contributed by atoms with Crippen LogP contribution in [-0.2, 0) is 13.0 Å². The predicted molar refractivity (Wildman–Crippen MR) is 80.5 cm³/mol. The Morgan fingerprint density at radius 2 is 2.30 bits per heavy atom. The number of rotatable bonds is 4. The van der Waals surface area contributed by atoms with Crippen LogP contribution in [0.15, 0.2) is 36.7 Å². The van der Waals surface area contributed by atoms with Gasteiger partial charge in [-0.15, -0.1) is 0 Å². The van der Waals surface area contributed by atoms with E-state index in [1.54, 1.807) is 12.1 Å². The lowest BCUT2D eigenvalue weighted by Crippen LogP contribution is -2.51. The van der Waals surface area contributed by atoms with Crippen molar-refractivity contribution >= 4 is 13.1 Å². The Bertz CT molecular complexity index is 743. The summed E-state index contributed by atoms with van der Waals surface area (Å²) in [5, 5.41) is 22.3. The Hall–Kier alpha value is -2.45. The molecule has 0 saturated heterocycles. The summed E-state index contributed by atoms with van der Waals surface area (Å²) in [5.74, 6) is -1.78. The Morgan fingerprint density at radius 1 is 1.48 bits per heavy atom. The Kier molecular flexibility index (Phi) is 4.27. The minimum absolute atomic E-state index is 0.0225. The van der Waals surface area contributed by atoms with Crippen LogP contribution in [0.1, 0.15) is 21.5 Å².